The monoisotopic (exact) mass is 210 g/mol. The number of aromatic nitrogens is 1. The van der Waals surface area contributed by atoms with E-state index in [9.17, 15) is 0 Å². The van der Waals surface area contributed by atoms with E-state index >= 15 is 0 Å². The first kappa shape index (κ1) is 11.7. The summed E-state index contributed by atoms with van der Waals surface area (Å²) in [6, 6.07) is 5.45. The molecule has 3 N–H and O–H groups in total. The molecule has 0 unspecified atom stereocenters. The summed E-state index contributed by atoms with van der Waals surface area (Å²) in [4.78, 5) is 6.26. The van der Waals surface area contributed by atoms with Gasteiger partial charge in [-0.1, -0.05) is 6.07 Å². The number of hydrazine groups is 1. The van der Waals surface area contributed by atoms with E-state index < -0.39 is 0 Å². The highest BCUT2D eigenvalue weighted by Gasteiger charge is 1.97. The van der Waals surface area contributed by atoms with Gasteiger partial charge in [-0.25, -0.2) is 5.84 Å². The maximum atomic E-state index is 5.47. The first-order valence-corrected chi connectivity index (χ1v) is 4.93. The van der Waals surface area contributed by atoms with Crippen molar-refractivity contribution in [3.8, 4) is 5.88 Å². The number of nitrogen functional groups attached to an aromatic ring is 1. The van der Waals surface area contributed by atoms with E-state index in [1.807, 2.05) is 26.2 Å². The molecule has 0 amide bonds. The Morgan fingerprint density at radius 2 is 2.27 bits per heavy atom. The van der Waals surface area contributed by atoms with Crippen LogP contribution in [0.4, 0.5) is 5.82 Å². The van der Waals surface area contributed by atoms with E-state index in [1.54, 1.807) is 6.07 Å². The molecule has 5 nitrogen and oxygen atoms in total. The largest absolute Gasteiger partial charge is 0.478 e. The van der Waals surface area contributed by atoms with E-state index in [-0.39, 0.29) is 0 Å². The lowest BCUT2D eigenvalue weighted by Gasteiger charge is -2.10. The topological polar surface area (TPSA) is 63.4 Å². The van der Waals surface area contributed by atoms with Gasteiger partial charge >= 0.3 is 0 Å². The smallest absolute Gasteiger partial charge is 0.215 e. The number of nitrogens with two attached hydrogens (primary N) is 1. The summed E-state index contributed by atoms with van der Waals surface area (Å²) < 4.78 is 5.47. The SMILES string of the molecule is CN(C)CCCOc1cccc(NN)n1. The summed E-state index contributed by atoms with van der Waals surface area (Å²) in [6.45, 7) is 1.67. The molecular weight excluding hydrogens is 192 g/mol. The molecule has 0 saturated heterocycles. The van der Waals surface area contributed by atoms with Crippen molar-refractivity contribution in [1.82, 2.24) is 9.88 Å². The van der Waals surface area contributed by atoms with Gasteiger partial charge in [0.05, 0.1) is 6.61 Å². The molecule has 0 fully saturated rings. The Morgan fingerprint density at radius 3 is 2.93 bits per heavy atom. The molecule has 0 aliphatic carbocycles. The number of pyridine rings is 1. The summed E-state index contributed by atoms with van der Waals surface area (Å²) in [7, 11) is 4.08. The number of rotatable bonds is 6. The van der Waals surface area contributed by atoms with Crippen molar-refractivity contribution in [3.63, 3.8) is 0 Å². The van der Waals surface area contributed by atoms with Crippen molar-refractivity contribution in [2.45, 2.75) is 6.42 Å². The summed E-state index contributed by atoms with van der Waals surface area (Å²) in [5.74, 6) is 6.45. The fourth-order valence-electron chi connectivity index (χ4n) is 1.13. The van der Waals surface area contributed by atoms with Gasteiger partial charge in [-0.3, -0.25) is 0 Å². The predicted octanol–water partition coefficient (Wildman–Crippen LogP) is 0.698. The van der Waals surface area contributed by atoms with E-state index in [0.717, 1.165) is 13.0 Å². The minimum Gasteiger partial charge on any atom is -0.478 e. The highest BCUT2D eigenvalue weighted by Crippen LogP contribution is 2.10. The Kier molecular flexibility index (Phi) is 4.86. The quantitative estimate of drug-likeness (QED) is 0.411. The first-order valence-electron chi connectivity index (χ1n) is 4.93. The van der Waals surface area contributed by atoms with E-state index in [0.29, 0.717) is 18.3 Å². The Labute approximate surface area is 90.2 Å². The fourth-order valence-corrected chi connectivity index (χ4v) is 1.13. The van der Waals surface area contributed by atoms with Gasteiger partial charge in [0.25, 0.3) is 0 Å². The molecule has 1 aromatic heterocycles. The fraction of sp³-hybridized carbons (Fsp3) is 0.500. The lowest BCUT2D eigenvalue weighted by molar-refractivity contribution is 0.273. The van der Waals surface area contributed by atoms with Crippen LogP contribution in [0, 0.1) is 0 Å². The average Bonchev–Trinajstić information content (AvgIpc) is 2.24. The summed E-state index contributed by atoms with van der Waals surface area (Å²) in [5, 5.41) is 0. The number of anilines is 1. The molecule has 84 valence electrons. The molecule has 0 atom stereocenters. The van der Waals surface area contributed by atoms with Crippen molar-refractivity contribution in [2.24, 2.45) is 5.84 Å². The van der Waals surface area contributed by atoms with Crippen LogP contribution < -0.4 is 16.0 Å². The Hall–Kier alpha value is -1.33. The van der Waals surface area contributed by atoms with Gasteiger partial charge in [0.15, 0.2) is 0 Å². The minimum absolute atomic E-state index is 0.601. The first-order chi connectivity index (χ1) is 7.22. The number of hydrogen-bond donors (Lipinski definition) is 2. The van der Waals surface area contributed by atoms with Gasteiger partial charge < -0.3 is 15.1 Å². The molecular formula is C10H18N4O. The van der Waals surface area contributed by atoms with Crippen LogP contribution in [-0.2, 0) is 0 Å². The van der Waals surface area contributed by atoms with Gasteiger partial charge in [0.2, 0.25) is 5.88 Å². The second-order valence-electron chi connectivity index (χ2n) is 3.51. The standard InChI is InChI=1S/C10H18N4O/c1-14(2)7-4-8-15-10-6-3-5-9(12-10)13-11/h3,5-6H,4,7-8,11H2,1-2H3,(H,12,13). The van der Waals surface area contributed by atoms with Crippen molar-refractivity contribution < 1.29 is 4.74 Å². The van der Waals surface area contributed by atoms with Gasteiger partial charge in [-0.05, 0) is 26.6 Å². The van der Waals surface area contributed by atoms with Gasteiger partial charge in [0.1, 0.15) is 5.82 Å². The molecule has 1 aromatic rings. The summed E-state index contributed by atoms with van der Waals surface area (Å²) >= 11 is 0. The molecule has 0 aliphatic heterocycles. The molecule has 1 rings (SSSR count). The number of ether oxygens (including phenoxy) is 1. The predicted molar refractivity (Wildman–Crippen MR) is 60.7 cm³/mol. The van der Waals surface area contributed by atoms with Crippen molar-refractivity contribution in [2.75, 3.05) is 32.7 Å². The zero-order valence-corrected chi connectivity index (χ0v) is 9.23. The molecule has 0 radical (unpaired) electrons. The molecule has 5 heteroatoms. The summed E-state index contributed by atoms with van der Waals surface area (Å²) in [6.07, 6.45) is 0.981. The minimum atomic E-state index is 0.601. The van der Waals surface area contributed by atoms with Crippen LogP contribution >= 0.6 is 0 Å². The number of hydrogen-bond acceptors (Lipinski definition) is 5. The molecule has 0 aromatic carbocycles. The van der Waals surface area contributed by atoms with Crippen LogP contribution in [0.3, 0.4) is 0 Å². The second-order valence-corrected chi connectivity index (χ2v) is 3.51. The van der Waals surface area contributed by atoms with Crippen LogP contribution in [0.15, 0.2) is 18.2 Å². The third kappa shape index (κ3) is 4.62. The molecule has 1 heterocycles. The average molecular weight is 210 g/mol. The van der Waals surface area contributed by atoms with Crippen molar-refractivity contribution >= 4 is 5.82 Å². The Balaban J connectivity index is 2.30. The lowest BCUT2D eigenvalue weighted by atomic mass is 10.4. The maximum absolute atomic E-state index is 5.47. The van der Waals surface area contributed by atoms with Crippen LogP contribution in [-0.4, -0.2) is 37.1 Å². The molecule has 0 spiro atoms. The molecule has 0 bridgehead atoms. The van der Waals surface area contributed by atoms with E-state index in [2.05, 4.69) is 15.3 Å². The third-order valence-corrected chi connectivity index (χ3v) is 1.87. The van der Waals surface area contributed by atoms with Gasteiger partial charge in [0, 0.05) is 12.6 Å². The Bertz CT molecular complexity index is 291. The second kappa shape index (κ2) is 6.21. The third-order valence-electron chi connectivity index (χ3n) is 1.87. The molecule has 0 aliphatic rings. The van der Waals surface area contributed by atoms with E-state index in [4.69, 9.17) is 10.6 Å². The zero-order valence-electron chi connectivity index (χ0n) is 9.23. The summed E-state index contributed by atoms with van der Waals surface area (Å²) in [5.41, 5.74) is 2.48. The van der Waals surface area contributed by atoms with E-state index in [1.165, 1.54) is 0 Å². The van der Waals surface area contributed by atoms with Gasteiger partial charge in [-0.15, -0.1) is 0 Å². The van der Waals surface area contributed by atoms with Crippen LogP contribution in [0.1, 0.15) is 6.42 Å². The van der Waals surface area contributed by atoms with Crippen LogP contribution in [0.25, 0.3) is 0 Å². The highest BCUT2D eigenvalue weighted by atomic mass is 16.5. The number of nitrogens with zero attached hydrogens (tertiary/aromatic N) is 2. The number of nitrogens with one attached hydrogen (secondary N) is 1. The lowest BCUT2D eigenvalue weighted by Crippen LogP contribution is -2.16. The molecule has 0 saturated carbocycles. The van der Waals surface area contributed by atoms with Crippen LogP contribution in [0.5, 0.6) is 5.88 Å². The van der Waals surface area contributed by atoms with Crippen molar-refractivity contribution in [3.05, 3.63) is 18.2 Å². The normalized spacial score (nSPS) is 10.4. The zero-order chi connectivity index (χ0) is 11.1. The van der Waals surface area contributed by atoms with Gasteiger partial charge in [-0.2, -0.15) is 4.98 Å². The Morgan fingerprint density at radius 1 is 1.47 bits per heavy atom. The highest BCUT2D eigenvalue weighted by molar-refractivity contribution is 5.35. The van der Waals surface area contributed by atoms with Crippen molar-refractivity contribution in [1.29, 1.82) is 0 Å². The molecule has 15 heavy (non-hydrogen) atoms. The van der Waals surface area contributed by atoms with Crippen LogP contribution in [0.2, 0.25) is 0 Å². The maximum Gasteiger partial charge on any atom is 0.215 e.